The van der Waals surface area contributed by atoms with Gasteiger partial charge in [0.05, 0.1) is 15.3 Å². The monoisotopic (exact) mass is 311 g/mol. The van der Waals surface area contributed by atoms with E-state index in [9.17, 15) is 8.42 Å². The van der Waals surface area contributed by atoms with Crippen LogP contribution >= 0.6 is 0 Å². The number of aromatic nitrogens is 1. The third-order valence-electron chi connectivity index (χ3n) is 3.36. The topological polar surface area (TPSA) is 96.9 Å². The molecule has 0 spiro atoms. The summed E-state index contributed by atoms with van der Waals surface area (Å²) in [5.74, 6) is -0.101. The Hall–Kier alpha value is -2.73. The highest BCUT2D eigenvalue weighted by Gasteiger charge is 2.20. The number of benzene rings is 2. The Morgan fingerprint density at radius 2 is 1.68 bits per heavy atom. The maximum absolute atomic E-state index is 12.8. The molecule has 110 valence electrons. The van der Waals surface area contributed by atoms with Gasteiger partial charge in [0.25, 0.3) is 0 Å². The zero-order valence-electron chi connectivity index (χ0n) is 11.5. The zero-order valence-corrected chi connectivity index (χ0v) is 12.3. The average Bonchev–Trinajstić information content (AvgIpc) is 2.54. The lowest BCUT2D eigenvalue weighted by Gasteiger charge is -2.08. The molecule has 5 nitrogen and oxygen atoms in total. The molecule has 0 aliphatic carbocycles. The van der Waals surface area contributed by atoms with Crippen LogP contribution in [0.3, 0.4) is 0 Å². The van der Waals surface area contributed by atoms with Gasteiger partial charge < -0.3 is 5.73 Å². The molecule has 6 heteroatoms. The van der Waals surface area contributed by atoms with E-state index in [1.807, 2.05) is 12.1 Å². The molecular formula is C16H13N3O2S. The van der Waals surface area contributed by atoms with Crippen molar-refractivity contribution in [2.24, 2.45) is 5.73 Å². The summed E-state index contributed by atoms with van der Waals surface area (Å²) in [6.45, 7) is 0. The quantitative estimate of drug-likeness (QED) is 0.573. The minimum absolute atomic E-state index is 0.101. The van der Waals surface area contributed by atoms with E-state index in [0.717, 1.165) is 5.39 Å². The highest BCUT2D eigenvalue weighted by molar-refractivity contribution is 7.91. The molecule has 1 heterocycles. The number of nitrogens with zero attached hydrogens (tertiary/aromatic N) is 1. The molecule has 0 radical (unpaired) electrons. The maximum Gasteiger partial charge on any atom is 0.208 e. The van der Waals surface area contributed by atoms with Crippen molar-refractivity contribution < 1.29 is 8.42 Å². The second-order valence-electron chi connectivity index (χ2n) is 4.77. The number of nitrogen functional groups attached to an aromatic ring is 1. The van der Waals surface area contributed by atoms with Crippen molar-refractivity contribution in [3.63, 3.8) is 0 Å². The van der Waals surface area contributed by atoms with Crippen molar-refractivity contribution >= 4 is 26.6 Å². The standard InChI is InChI=1S/C16H13N3O2S/c17-16(18)12-6-8-13(9-7-12)22(20,21)14-5-1-3-11-4-2-10-19-15(11)14/h1-10H,(H3,17,18). The van der Waals surface area contributed by atoms with Crippen LogP contribution in [0.15, 0.2) is 70.6 Å². The van der Waals surface area contributed by atoms with E-state index in [0.29, 0.717) is 11.1 Å². The van der Waals surface area contributed by atoms with E-state index < -0.39 is 9.84 Å². The van der Waals surface area contributed by atoms with Crippen molar-refractivity contribution in [3.05, 3.63) is 66.4 Å². The highest BCUT2D eigenvalue weighted by atomic mass is 32.2. The highest BCUT2D eigenvalue weighted by Crippen LogP contribution is 2.26. The Balaban J connectivity index is 2.18. The lowest BCUT2D eigenvalue weighted by molar-refractivity contribution is 0.597. The third-order valence-corrected chi connectivity index (χ3v) is 5.16. The first-order valence-electron chi connectivity index (χ1n) is 6.53. The minimum Gasteiger partial charge on any atom is -0.384 e. The summed E-state index contributed by atoms with van der Waals surface area (Å²) in [6.07, 6.45) is 1.57. The van der Waals surface area contributed by atoms with Crippen LogP contribution in [0.4, 0.5) is 0 Å². The second-order valence-corrected chi connectivity index (χ2v) is 6.69. The largest absolute Gasteiger partial charge is 0.384 e. The lowest BCUT2D eigenvalue weighted by Crippen LogP contribution is -2.11. The lowest BCUT2D eigenvalue weighted by atomic mass is 10.2. The fourth-order valence-corrected chi connectivity index (χ4v) is 3.66. The van der Waals surface area contributed by atoms with Gasteiger partial charge in [-0.05, 0) is 36.4 Å². The molecule has 3 rings (SSSR count). The van der Waals surface area contributed by atoms with Crippen molar-refractivity contribution in [3.8, 4) is 0 Å². The van der Waals surface area contributed by atoms with Crippen LogP contribution in [0.5, 0.6) is 0 Å². The van der Waals surface area contributed by atoms with Crippen LogP contribution in [0, 0.1) is 5.41 Å². The molecule has 0 aliphatic rings. The molecule has 22 heavy (non-hydrogen) atoms. The molecule has 0 amide bonds. The van der Waals surface area contributed by atoms with Crippen molar-refractivity contribution in [2.75, 3.05) is 0 Å². The van der Waals surface area contributed by atoms with Crippen LogP contribution in [0.25, 0.3) is 10.9 Å². The van der Waals surface area contributed by atoms with E-state index in [4.69, 9.17) is 11.1 Å². The van der Waals surface area contributed by atoms with Crippen LogP contribution in [0.2, 0.25) is 0 Å². The Morgan fingerprint density at radius 3 is 2.36 bits per heavy atom. The Bertz CT molecular complexity index is 959. The SMILES string of the molecule is N=C(N)c1ccc(S(=O)(=O)c2cccc3cccnc23)cc1. The summed E-state index contributed by atoms with van der Waals surface area (Å²) in [5, 5.41) is 8.12. The van der Waals surface area contributed by atoms with Crippen LogP contribution < -0.4 is 5.73 Å². The number of rotatable bonds is 3. The molecule has 3 N–H and O–H groups in total. The normalized spacial score (nSPS) is 11.5. The van der Waals surface area contributed by atoms with Gasteiger partial charge in [-0.2, -0.15) is 0 Å². The summed E-state index contributed by atoms with van der Waals surface area (Å²) in [5.41, 5.74) is 6.31. The first kappa shape index (κ1) is 14.2. The van der Waals surface area contributed by atoms with Crippen LogP contribution in [-0.2, 0) is 9.84 Å². The van der Waals surface area contributed by atoms with Crippen molar-refractivity contribution in [1.82, 2.24) is 4.98 Å². The van der Waals surface area contributed by atoms with Gasteiger partial charge in [0, 0.05) is 17.1 Å². The Morgan fingerprint density at radius 1 is 1.00 bits per heavy atom. The number of amidine groups is 1. The number of nitrogens with one attached hydrogen (secondary N) is 1. The maximum atomic E-state index is 12.8. The molecule has 0 saturated heterocycles. The van der Waals surface area contributed by atoms with Gasteiger partial charge in [0.2, 0.25) is 9.84 Å². The Kier molecular flexibility index (Phi) is 3.38. The van der Waals surface area contributed by atoms with Crippen LogP contribution in [-0.4, -0.2) is 19.2 Å². The summed E-state index contributed by atoms with van der Waals surface area (Å²) in [7, 11) is -3.68. The molecule has 0 fully saturated rings. The van der Waals surface area contributed by atoms with Gasteiger partial charge in [-0.15, -0.1) is 0 Å². The number of para-hydroxylation sites is 1. The zero-order chi connectivity index (χ0) is 15.7. The fraction of sp³-hybridized carbons (Fsp3) is 0. The molecule has 1 aromatic heterocycles. The van der Waals surface area contributed by atoms with Gasteiger partial charge >= 0.3 is 0 Å². The summed E-state index contributed by atoms with van der Waals surface area (Å²) in [6, 6.07) is 14.6. The smallest absolute Gasteiger partial charge is 0.208 e. The average molecular weight is 311 g/mol. The first-order chi connectivity index (χ1) is 10.5. The fourth-order valence-electron chi connectivity index (χ4n) is 2.23. The number of hydrogen-bond donors (Lipinski definition) is 2. The Labute approximate surface area is 127 Å². The predicted octanol–water partition coefficient (Wildman–Crippen LogP) is 2.35. The van der Waals surface area contributed by atoms with Crippen molar-refractivity contribution in [1.29, 1.82) is 5.41 Å². The summed E-state index contributed by atoms with van der Waals surface area (Å²) >= 11 is 0. The number of pyridine rings is 1. The van der Waals surface area contributed by atoms with E-state index in [1.165, 1.54) is 24.3 Å². The van der Waals surface area contributed by atoms with E-state index in [1.54, 1.807) is 24.4 Å². The van der Waals surface area contributed by atoms with E-state index in [2.05, 4.69) is 4.98 Å². The van der Waals surface area contributed by atoms with E-state index >= 15 is 0 Å². The number of sulfone groups is 1. The number of nitrogens with two attached hydrogens (primary N) is 1. The van der Waals surface area contributed by atoms with Gasteiger partial charge in [0.1, 0.15) is 5.84 Å². The molecule has 2 aromatic carbocycles. The van der Waals surface area contributed by atoms with Gasteiger partial charge in [0.15, 0.2) is 0 Å². The number of fused-ring (bicyclic) bond motifs is 1. The number of hydrogen-bond acceptors (Lipinski definition) is 4. The molecule has 0 bridgehead atoms. The second kappa shape index (κ2) is 5.23. The van der Waals surface area contributed by atoms with Crippen LogP contribution in [0.1, 0.15) is 5.56 Å². The molecular weight excluding hydrogens is 298 g/mol. The minimum atomic E-state index is -3.68. The first-order valence-corrected chi connectivity index (χ1v) is 8.02. The summed E-state index contributed by atoms with van der Waals surface area (Å²) in [4.78, 5) is 4.50. The van der Waals surface area contributed by atoms with Gasteiger partial charge in [-0.25, -0.2) is 8.42 Å². The molecule has 0 unspecified atom stereocenters. The molecule has 0 aliphatic heterocycles. The third kappa shape index (κ3) is 2.33. The molecule has 0 atom stereocenters. The molecule has 3 aromatic rings. The van der Waals surface area contributed by atoms with Gasteiger partial charge in [-0.1, -0.05) is 18.2 Å². The van der Waals surface area contributed by atoms with Crippen molar-refractivity contribution in [2.45, 2.75) is 9.79 Å². The van der Waals surface area contributed by atoms with E-state index in [-0.39, 0.29) is 15.6 Å². The summed E-state index contributed by atoms with van der Waals surface area (Å²) < 4.78 is 25.6. The predicted molar refractivity (Wildman–Crippen MR) is 84.7 cm³/mol. The van der Waals surface area contributed by atoms with Gasteiger partial charge in [-0.3, -0.25) is 10.4 Å². The molecule has 0 saturated carbocycles.